The van der Waals surface area contributed by atoms with E-state index in [9.17, 15) is 4.79 Å². The highest BCUT2D eigenvalue weighted by Gasteiger charge is 2.34. The third-order valence-electron chi connectivity index (χ3n) is 6.35. The molecule has 0 saturated carbocycles. The first-order chi connectivity index (χ1) is 16.0. The van der Waals surface area contributed by atoms with Gasteiger partial charge in [-0.15, -0.1) is 0 Å². The number of likely N-dealkylation sites (tertiary alicyclic amines) is 1. The van der Waals surface area contributed by atoms with Crippen LogP contribution < -0.4 is 14.4 Å². The zero-order chi connectivity index (χ0) is 23.2. The average Bonchev–Trinajstić information content (AvgIpc) is 3.30. The van der Waals surface area contributed by atoms with Gasteiger partial charge in [-0.25, -0.2) is 9.97 Å². The molecule has 1 amide bonds. The number of carbonyl (C=O) groups excluding carboxylic acids is 1. The van der Waals surface area contributed by atoms with Crippen molar-refractivity contribution in [3.8, 4) is 11.5 Å². The van der Waals surface area contributed by atoms with E-state index in [0.29, 0.717) is 26.1 Å². The third kappa shape index (κ3) is 5.93. The maximum atomic E-state index is 12.1. The van der Waals surface area contributed by atoms with E-state index in [4.69, 9.17) is 14.5 Å². The molecule has 2 aromatic rings. The molecular formula is C25H35N5O3. The van der Waals surface area contributed by atoms with Gasteiger partial charge in [0.05, 0.1) is 19.6 Å². The number of benzene rings is 1. The Balaban J connectivity index is 1.34. The quantitative estimate of drug-likeness (QED) is 0.512. The lowest BCUT2D eigenvalue weighted by molar-refractivity contribution is -0.133. The Bertz CT molecular complexity index is 939. The third-order valence-corrected chi connectivity index (χ3v) is 6.35. The molecule has 4 rings (SSSR count). The second-order valence-corrected chi connectivity index (χ2v) is 9.08. The van der Waals surface area contributed by atoms with Crippen molar-refractivity contribution in [3.63, 3.8) is 0 Å². The number of methoxy groups -OCH3 is 1. The maximum absolute atomic E-state index is 12.1. The molecule has 178 valence electrons. The highest BCUT2D eigenvalue weighted by Crippen LogP contribution is 2.29. The van der Waals surface area contributed by atoms with Gasteiger partial charge in [0.2, 0.25) is 5.91 Å². The summed E-state index contributed by atoms with van der Waals surface area (Å²) in [4.78, 5) is 27.6. The summed E-state index contributed by atoms with van der Waals surface area (Å²) in [7, 11) is 5.27. The number of rotatable bonds is 10. The van der Waals surface area contributed by atoms with E-state index >= 15 is 0 Å². The predicted molar refractivity (Wildman–Crippen MR) is 128 cm³/mol. The molecule has 8 heteroatoms. The summed E-state index contributed by atoms with van der Waals surface area (Å²) >= 11 is 0. The van der Waals surface area contributed by atoms with Crippen LogP contribution in [0.25, 0.3) is 0 Å². The minimum absolute atomic E-state index is 0.0465. The van der Waals surface area contributed by atoms with Crippen molar-refractivity contribution in [2.24, 2.45) is 5.92 Å². The number of aromatic nitrogens is 2. The van der Waals surface area contributed by atoms with E-state index in [-0.39, 0.29) is 11.8 Å². The van der Waals surface area contributed by atoms with Crippen LogP contribution in [0.3, 0.4) is 0 Å². The van der Waals surface area contributed by atoms with Crippen LogP contribution in [0.2, 0.25) is 0 Å². The second-order valence-electron chi connectivity index (χ2n) is 9.08. The van der Waals surface area contributed by atoms with Crippen molar-refractivity contribution in [2.45, 2.75) is 25.7 Å². The molecule has 3 heterocycles. The largest absolute Gasteiger partial charge is 0.493 e. The van der Waals surface area contributed by atoms with E-state index in [1.54, 1.807) is 32.3 Å². The van der Waals surface area contributed by atoms with Gasteiger partial charge in [-0.1, -0.05) is 6.07 Å². The number of amides is 1. The molecule has 0 atom stereocenters. The van der Waals surface area contributed by atoms with Crippen LogP contribution in [-0.2, 0) is 11.2 Å². The van der Waals surface area contributed by atoms with Crippen LogP contribution in [0.4, 0.5) is 5.82 Å². The Morgan fingerprint density at radius 2 is 1.94 bits per heavy atom. The fourth-order valence-corrected chi connectivity index (χ4v) is 4.44. The molecule has 33 heavy (non-hydrogen) atoms. The lowest BCUT2D eigenvalue weighted by Gasteiger charge is -2.40. The van der Waals surface area contributed by atoms with Crippen LogP contribution in [0.15, 0.2) is 30.5 Å². The Labute approximate surface area is 196 Å². The van der Waals surface area contributed by atoms with Gasteiger partial charge in [0, 0.05) is 46.3 Å². The minimum Gasteiger partial charge on any atom is -0.493 e. The SMILES string of the molecule is COc1ccc(Cc2nccc(N3CC(C(=O)N(C)C)C3)n2)cc1OCCCN1CCCC1. The molecule has 2 aliphatic heterocycles. The van der Waals surface area contributed by atoms with Gasteiger partial charge in [0.15, 0.2) is 11.5 Å². The summed E-state index contributed by atoms with van der Waals surface area (Å²) in [6.07, 6.45) is 6.03. The van der Waals surface area contributed by atoms with E-state index in [1.807, 2.05) is 24.3 Å². The summed E-state index contributed by atoms with van der Waals surface area (Å²) < 4.78 is 11.6. The van der Waals surface area contributed by atoms with E-state index in [0.717, 1.165) is 41.7 Å². The van der Waals surface area contributed by atoms with Gasteiger partial charge in [-0.3, -0.25) is 4.79 Å². The Kier molecular flexibility index (Phi) is 7.65. The first kappa shape index (κ1) is 23.3. The summed E-state index contributed by atoms with van der Waals surface area (Å²) in [5.74, 6) is 3.35. The van der Waals surface area contributed by atoms with Gasteiger partial charge in [-0.05, 0) is 56.1 Å². The molecule has 1 aromatic carbocycles. The number of anilines is 1. The Morgan fingerprint density at radius 3 is 2.67 bits per heavy atom. The molecule has 8 nitrogen and oxygen atoms in total. The topological polar surface area (TPSA) is 71.0 Å². The Morgan fingerprint density at radius 1 is 1.15 bits per heavy atom. The highest BCUT2D eigenvalue weighted by atomic mass is 16.5. The summed E-state index contributed by atoms with van der Waals surface area (Å²) in [5.41, 5.74) is 1.08. The molecule has 2 aliphatic rings. The van der Waals surface area contributed by atoms with E-state index in [1.165, 1.54) is 25.9 Å². The lowest BCUT2D eigenvalue weighted by Crippen LogP contribution is -2.53. The summed E-state index contributed by atoms with van der Waals surface area (Å²) in [6, 6.07) is 7.91. The Hall–Kier alpha value is -2.87. The lowest BCUT2D eigenvalue weighted by atomic mass is 9.99. The number of hydrogen-bond donors (Lipinski definition) is 0. The van der Waals surface area contributed by atoms with Crippen molar-refractivity contribution >= 4 is 11.7 Å². The predicted octanol–water partition coefficient (Wildman–Crippen LogP) is 2.47. The van der Waals surface area contributed by atoms with Crippen molar-refractivity contribution in [1.82, 2.24) is 19.8 Å². The molecule has 2 fully saturated rings. The highest BCUT2D eigenvalue weighted by molar-refractivity contribution is 5.81. The fourth-order valence-electron chi connectivity index (χ4n) is 4.44. The maximum Gasteiger partial charge on any atom is 0.228 e. The van der Waals surface area contributed by atoms with Crippen LogP contribution in [0.1, 0.15) is 30.7 Å². The second kappa shape index (κ2) is 10.8. The van der Waals surface area contributed by atoms with Gasteiger partial charge in [-0.2, -0.15) is 0 Å². The van der Waals surface area contributed by atoms with Gasteiger partial charge in [0.25, 0.3) is 0 Å². The molecule has 2 saturated heterocycles. The molecule has 0 N–H and O–H groups in total. The molecule has 0 unspecified atom stereocenters. The number of nitrogens with zero attached hydrogens (tertiary/aromatic N) is 5. The monoisotopic (exact) mass is 453 g/mol. The van der Waals surface area contributed by atoms with E-state index in [2.05, 4.69) is 14.8 Å². The average molecular weight is 454 g/mol. The molecule has 0 bridgehead atoms. The normalized spacial score (nSPS) is 16.5. The number of ether oxygens (including phenoxy) is 2. The van der Waals surface area contributed by atoms with Crippen LogP contribution in [0.5, 0.6) is 11.5 Å². The standard InChI is InChI=1S/C25H35N5O3/c1-28(2)25(31)20-17-30(18-20)24-9-10-26-23(27-24)16-19-7-8-21(32-3)22(15-19)33-14-6-13-29-11-4-5-12-29/h7-10,15,20H,4-6,11-14,16-18H2,1-3H3. The fraction of sp³-hybridized carbons (Fsp3) is 0.560. The zero-order valence-corrected chi connectivity index (χ0v) is 20.0. The molecule has 0 radical (unpaired) electrons. The van der Waals surface area contributed by atoms with Gasteiger partial charge in [0.1, 0.15) is 11.6 Å². The summed E-state index contributed by atoms with van der Waals surface area (Å²) in [6.45, 7) is 5.57. The number of hydrogen-bond acceptors (Lipinski definition) is 7. The van der Waals surface area contributed by atoms with Crippen molar-refractivity contribution in [1.29, 1.82) is 0 Å². The molecule has 1 aromatic heterocycles. The van der Waals surface area contributed by atoms with Crippen molar-refractivity contribution in [3.05, 3.63) is 41.9 Å². The van der Waals surface area contributed by atoms with Crippen LogP contribution >= 0.6 is 0 Å². The van der Waals surface area contributed by atoms with Gasteiger partial charge >= 0.3 is 0 Å². The molecular weight excluding hydrogens is 418 g/mol. The number of carbonyl (C=O) groups is 1. The van der Waals surface area contributed by atoms with E-state index < -0.39 is 0 Å². The van der Waals surface area contributed by atoms with Crippen LogP contribution in [0, 0.1) is 5.92 Å². The smallest absolute Gasteiger partial charge is 0.228 e. The van der Waals surface area contributed by atoms with Crippen molar-refractivity contribution in [2.75, 3.05) is 65.4 Å². The summed E-state index contributed by atoms with van der Waals surface area (Å²) in [5, 5.41) is 0. The zero-order valence-electron chi connectivity index (χ0n) is 20.0. The molecule has 0 spiro atoms. The first-order valence-electron chi connectivity index (χ1n) is 11.8. The van der Waals surface area contributed by atoms with Crippen molar-refractivity contribution < 1.29 is 14.3 Å². The van der Waals surface area contributed by atoms with Gasteiger partial charge < -0.3 is 24.2 Å². The van der Waals surface area contributed by atoms with Crippen LogP contribution in [-0.4, -0.2) is 86.2 Å². The molecule has 0 aliphatic carbocycles. The minimum atomic E-state index is 0.0465. The first-order valence-corrected chi connectivity index (χ1v) is 11.8.